The first-order valence-corrected chi connectivity index (χ1v) is 11.8. The topological polar surface area (TPSA) is 82.6 Å². The lowest BCUT2D eigenvalue weighted by atomic mass is 9.66. The van der Waals surface area contributed by atoms with Gasteiger partial charge in [-0.3, -0.25) is 19.8 Å². The predicted molar refractivity (Wildman–Crippen MR) is 122 cm³/mol. The van der Waals surface area contributed by atoms with Crippen LogP contribution in [0, 0.1) is 12.3 Å². The lowest BCUT2D eigenvalue weighted by Crippen LogP contribution is -2.72. The van der Waals surface area contributed by atoms with Crippen molar-refractivity contribution in [2.75, 3.05) is 18.0 Å². The third-order valence-electron chi connectivity index (χ3n) is 7.32. The fourth-order valence-electron chi connectivity index (χ4n) is 5.70. The van der Waals surface area contributed by atoms with Crippen molar-refractivity contribution in [1.29, 1.82) is 0 Å². The van der Waals surface area contributed by atoms with Crippen molar-refractivity contribution in [3.8, 4) is 0 Å². The number of aryl methyl sites for hydroxylation is 1. The van der Waals surface area contributed by atoms with Crippen LogP contribution in [0.2, 0.25) is 0 Å². The smallest absolute Gasteiger partial charge is 0.330 e. The summed E-state index contributed by atoms with van der Waals surface area (Å²) in [5.74, 6) is 0.0899. The fraction of sp³-hybridized carbons (Fsp3) is 0.520. The van der Waals surface area contributed by atoms with Gasteiger partial charge in [0.25, 0.3) is 0 Å². The summed E-state index contributed by atoms with van der Waals surface area (Å²) in [4.78, 5) is 48.3. The molecule has 1 aromatic heterocycles. The number of aromatic nitrogens is 1. The highest BCUT2D eigenvalue weighted by atomic mass is 16.2. The summed E-state index contributed by atoms with van der Waals surface area (Å²) in [7, 11) is 0. The van der Waals surface area contributed by atoms with Gasteiger partial charge in [-0.15, -0.1) is 0 Å². The number of carbonyl (C=O) groups excluding carboxylic acids is 3. The van der Waals surface area contributed by atoms with Crippen molar-refractivity contribution in [1.82, 2.24) is 15.2 Å². The molecule has 2 unspecified atom stereocenters. The second kappa shape index (κ2) is 7.87. The van der Waals surface area contributed by atoms with Crippen molar-refractivity contribution >= 4 is 34.6 Å². The van der Waals surface area contributed by atoms with E-state index in [-0.39, 0.29) is 18.4 Å². The van der Waals surface area contributed by atoms with Gasteiger partial charge in [0.2, 0.25) is 11.8 Å². The quantitative estimate of drug-likeness (QED) is 0.586. The number of hydrogen-bond acceptors (Lipinski definition) is 5. The van der Waals surface area contributed by atoms with Gasteiger partial charge in [0.1, 0.15) is 5.82 Å². The molecule has 32 heavy (non-hydrogen) atoms. The molecule has 4 amide bonds. The number of carbonyl (C=O) groups is 3. The van der Waals surface area contributed by atoms with Gasteiger partial charge in [0.05, 0.1) is 11.6 Å². The molecule has 7 heteroatoms. The van der Waals surface area contributed by atoms with E-state index >= 15 is 0 Å². The minimum atomic E-state index is -1.28. The van der Waals surface area contributed by atoms with E-state index in [1.54, 1.807) is 0 Å². The molecule has 4 heterocycles. The molecule has 0 aliphatic carbocycles. The first-order chi connectivity index (χ1) is 15.5. The number of pyridine rings is 1. The average Bonchev–Trinajstić information content (AvgIpc) is 2.78. The standard InChI is InChI=1S/C25H30N4O3/c1-3-4-6-12-29-23(31)25(22(30)27-24(29)32)15-18-14-17-13-16(2)9-10-19(17)26-21(18)28-11-7-5-8-20(25)28/h9-10,13-14,20H,3-8,11-12,15H2,1-2H3,(H,27,30,32). The van der Waals surface area contributed by atoms with Gasteiger partial charge in [-0.1, -0.05) is 31.4 Å². The number of rotatable bonds is 4. The normalized spacial score (nSPS) is 25.2. The van der Waals surface area contributed by atoms with Crippen LogP contribution in [0.1, 0.15) is 56.6 Å². The Hall–Kier alpha value is -2.96. The van der Waals surface area contributed by atoms with E-state index < -0.39 is 17.4 Å². The molecule has 0 saturated carbocycles. The van der Waals surface area contributed by atoms with Crippen molar-refractivity contribution < 1.29 is 14.4 Å². The molecule has 1 aromatic carbocycles. The second-order valence-electron chi connectivity index (χ2n) is 9.44. The van der Waals surface area contributed by atoms with Crippen molar-refractivity contribution in [2.24, 2.45) is 5.41 Å². The molecule has 2 aromatic rings. The molecular formula is C25H30N4O3. The zero-order valence-electron chi connectivity index (χ0n) is 18.8. The van der Waals surface area contributed by atoms with Gasteiger partial charge in [-0.2, -0.15) is 0 Å². The zero-order valence-corrected chi connectivity index (χ0v) is 18.8. The van der Waals surface area contributed by atoms with E-state index in [4.69, 9.17) is 4.98 Å². The van der Waals surface area contributed by atoms with Crippen LogP contribution in [0.3, 0.4) is 0 Å². The molecule has 0 radical (unpaired) electrons. The van der Waals surface area contributed by atoms with Crippen LogP contribution < -0.4 is 10.2 Å². The largest absolute Gasteiger partial charge is 0.352 e. The second-order valence-corrected chi connectivity index (χ2v) is 9.44. The Morgan fingerprint density at radius 3 is 2.81 bits per heavy atom. The average molecular weight is 435 g/mol. The molecule has 3 aliphatic heterocycles. The summed E-state index contributed by atoms with van der Waals surface area (Å²) >= 11 is 0. The van der Waals surface area contributed by atoms with Gasteiger partial charge >= 0.3 is 6.03 Å². The number of nitrogens with one attached hydrogen (secondary N) is 1. The molecule has 2 saturated heterocycles. The number of piperidine rings is 1. The molecule has 1 spiro atoms. The van der Waals surface area contributed by atoms with Gasteiger partial charge < -0.3 is 4.90 Å². The van der Waals surface area contributed by atoms with Crippen molar-refractivity contribution in [3.63, 3.8) is 0 Å². The number of nitrogens with zero attached hydrogens (tertiary/aromatic N) is 3. The number of imide groups is 2. The Kier molecular flexibility index (Phi) is 5.14. The van der Waals surface area contributed by atoms with Crippen LogP contribution in [0.15, 0.2) is 24.3 Å². The van der Waals surface area contributed by atoms with Crippen LogP contribution in [0.4, 0.5) is 10.6 Å². The van der Waals surface area contributed by atoms with Gasteiger partial charge in [0, 0.05) is 24.9 Å². The molecule has 3 aliphatic rings. The number of benzene rings is 1. The van der Waals surface area contributed by atoms with Gasteiger partial charge in [-0.05, 0) is 56.4 Å². The van der Waals surface area contributed by atoms with E-state index in [0.717, 1.165) is 72.9 Å². The van der Waals surface area contributed by atoms with E-state index in [0.29, 0.717) is 6.54 Å². The van der Waals surface area contributed by atoms with Crippen molar-refractivity contribution in [3.05, 3.63) is 35.4 Å². The van der Waals surface area contributed by atoms with Crippen LogP contribution in [0.5, 0.6) is 0 Å². The Bertz CT molecular complexity index is 1110. The molecule has 1 N–H and O–H groups in total. The minimum Gasteiger partial charge on any atom is -0.352 e. The summed E-state index contributed by atoms with van der Waals surface area (Å²) in [5.41, 5.74) is 1.69. The van der Waals surface area contributed by atoms with Crippen LogP contribution in [-0.2, 0) is 16.0 Å². The summed E-state index contributed by atoms with van der Waals surface area (Å²) in [5, 5.41) is 3.55. The van der Waals surface area contributed by atoms with Crippen LogP contribution >= 0.6 is 0 Å². The van der Waals surface area contributed by atoms with E-state index in [1.807, 2.05) is 13.0 Å². The highest BCUT2D eigenvalue weighted by Crippen LogP contribution is 2.47. The summed E-state index contributed by atoms with van der Waals surface area (Å²) in [6, 6.07) is 7.38. The highest BCUT2D eigenvalue weighted by Gasteiger charge is 2.62. The number of amides is 4. The van der Waals surface area contributed by atoms with Crippen LogP contribution in [0.25, 0.3) is 10.9 Å². The molecule has 5 rings (SSSR count). The SMILES string of the molecule is CCCCCN1C(=O)NC(=O)C2(Cc3cc4cc(C)ccc4nc3N3CCCCC32)C1=O. The molecule has 2 fully saturated rings. The first kappa shape index (κ1) is 20.9. The Morgan fingerprint density at radius 1 is 1.16 bits per heavy atom. The molecule has 0 bridgehead atoms. The minimum absolute atomic E-state index is 0.280. The number of barbiturate groups is 1. The Morgan fingerprint density at radius 2 is 2.00 bits per heavy atom. The third kappa shape index (κ3) is 3.09. The van der Waals surface area contributed by atoms with Gasteiger partial charge in [-0.25, -0.2) is 9.78 Å². The number of urea groups is 1. The van der Waals surface area contributed by atoms with E-state index in [2.05, 4.69) is 35.3 Å². The molecule has 7 nitrogen and oxygen atoms in total. The Balaban J connectivity index is 1.62. The summed E-state index contributed by atoms with van der Waals surface area (Å²) < 4.78 is 0. The number of unbranched alkanes of at least 4 members (excludes halogenated alkanes) is 2. The van der Waals surface area contributed by atoms with E-state index in [1.165, 1.54) is 4.90 Å². The number of anilines is 1. The summed E-state index contributed by atoms with van der Waals surface area (Å²) in [6.07, 6.45) is 5.65. The molecule has 168 valence electrons. The fourth-order valence-corrected chi connectivity index (χ4v) is 5.70. The third-order valence-corrected chi connectivity index (χ3v) is 7.32. The van der Waals surface area contributed by atoms with Crippen LogP contribution in [-0.4, -0.2) is 46.9 Å². The number of hydrogen-bond donors (Lipinski definition) is 1. The Labute approximate surface area is 188 Å². The van der Waals surface area contributed by atoms with E-state index in [9.17, 15) is 14.4 Å². The maximum absolute atomic E-state index is 13.9. The molecular weight excluding hydrogens is 404 g/mol. The zero-order chi connectivity index (χ0) is 22.5. The summed E-state index contributed by atoms with van der Waals surface area (Å²) in [6.45, 7) is 5.23. The lowest BCUT2D eigenvalue weighted by Gasteiger charge is -2.53. The maximum Gasteiger partial charge on any atom is 0.330 e. The lowest BCUT2D eigenvalue weighted by molar-refractivity contribution is -0.154. The maximum atomic E-state index is 13.9. The number of fused-ring (bicyclic) bond motifs is 5. The van der Waals surface area contributed by atoms with Crippen molar-refractivity contribution in [2.45, 2.75) is 64.8 Å². The van der Waals surface area contributed by atoms with Gasteiger partial charge in [0.15, 0.2) is 5.41 Å². The molecule has 2 atom stereocenters. The predicted octanol–water partition coefficient (Wildman–Crippen LogP) is 3.71. The highest BCUT2D eigenvalue weighted by molar-refractivity contribution is 6.20. The monoisotopic (exact) mass is 434 g/mol. The first-order valence-electron chi connectivity index (χ1n) is 11.8.